The standard InChI is InChI=1S/C30H42N6O3/c1-21-15-23-5-3-4-6-28(23)36(18-21)30(39)27-17-29(33-19-32-27)34-13-10-24(11-14-34)35(20-37)12-9-22-16-25(38)7-8-26(22)31-2/h7-8,16-17,19-21,23-24,28,31,38H,3-6,9-15,18H2,1-2H3. The molecular weight excluding hydrogens is 492 g/mol. The van der Waals surface area contributed by atoms with E-state index in [9.17, 15) is 14.7 Å². The van der Waals surface area contributed by atoms with Crippen LogP contribution in [0.3, 0.4) is 0 Å². The van der Waals surface area contributed by atoms with Crippen LogP contribution in [0.1, 0.15) is 67.9 Å². The SMILES string of the molecule is CNc1ccc(O)cc1CCN(C=O)C1CCN(c2cc(C(=O)N3CC(C)CC4CCCCC43)ncn2)CC1. The van der Waals surface area contributed by atoms with Gasteiger partial charge in [0.15, 0.2) is 0 Å². The molecule has 2 amide bonds. The highest BCUT2D eigenvalue weighted by Gasteiger charge is 2.39. The monoisotopic (exact) mass is 534 g/mol. The van der Waals surface area contributed by atoms with Crippen LogP contribution in [0.4, 0.5) is 11.5 Å². The molecule has 2 saturated heterocycles. The van der Waals surface area contributed by atoms with E-state index in [1.54, 1.807) is 12.1 Å². The highest BCUT2D eigenvalue weighted by Crippen LogP contribution is 2.38. The first-order valence-corrected chi connectivity index (χ1v) is 14.6. The van der Waals surface area contributed by atoms with Gasteiger partial charge in [-0.25, -0.2) is 9.97 Å². The maximum absolute atomic E-state index is 13.6. The fraction of sp³-hybridized carbons (Fsp3) is 0.600. The van der Waals surface area contributed by atoms with Gasteiger partial charge in [0.05, 0.1) is 0 Å². The second kappa shape index (κ2) is 12.2. The second-order valence-electron chi connectivity index (χ2n) is 11.6. The minimum atomic E-state index is 0.0389. The summed E-state index contributed by atoms with van der Waals surface area (Å²) in [6, 6.07) is 7.62. The Kier molecular flexibility index (Phi) is 8.53. The van der Waals surface area contributed by atoms with E-state index < -0.39 is 0 Å². The summed E-state index contributed by atoms with van der Waals surface area (Å²) in [5, 5.41) is 13.0. The van der Waals surface area contributed by atoms with Gasteiger partial charge in [-0.05, 0) is 74.1 Å². The number of fused-ring (bicyclic) bond motifs is 1. The van der Waals surface area contributed by atoms with Crippen molar-refractivity contribution in [2.24, 2.45) is 11.8 Å². The zero-order valence-corrected chi connectivity index (χ0v) is 23.3. The molecule has 5 rings (SSSR count). The average Bonchev–Trinajstić information content (AvgIpc) is 2.97. The number of aromatic hydroxyl groups is 1. The number of phenolic OH excluding ortho intramolecular Hbond substituents is 1. The maximum atomic E-state index is 13.6. The Morgan fingerprint density at radius 1 is 1.15 bits per heavy atom. The van der Waals surface area contributed by atoms with Gasteiger partial charge in [0.2, 0.25) is 6.41 Å². The van der Waals surface area contributed by atoms with Crippen LogP contribution < -0.4 is 10.2 Å². The Morgan fingerprint density at radius 2 is 1.95 bits per heavy atom. The lowest BCUT2D eigenvalue weighted by Crippen LogP contribution is -2.52. The predicted molar refractivity (Wildman–Crippen MR) is 152 cm³/mol. The summed E-state index contributed by atoms with van der Waals surface area (Å²) in [4.78, 5) is 40.7. The number of aromatic nitrogens is 2. The van der Waals surface area contributed by atoms with Crippen LogP contribution in [0.25, 0.3) is 0 Å². The number of carbonyl (C=O) groups is 2. The molecule has 39 heavy (non-hydrogen) atoms. The van der Waals surface area contributed by atoms with Gasteiger partial charge in [0.1, 0.15) is 23.6 Å². The van der Waals surface area contributed by atoms with Crippen molar-refractivity contribution in [2.75, 3.05) is 43.4 Å². The van der Waals surface area contributed by atoms with E-state index in [1.165, 1.54) is 32.0 Å². The molecule has 3 fully saturated rings. The molecule has 9 nitrogen and oxygen atoms in total. The number of anilines is 2. The third-order valence-corrected chi connectivity index (χ3v) is 9.01. The molecular formula is C30H42N6O3. The van der Waals surface area contributed by atoms with E-state index in [1.807, 2.05) is 24.1 Å². The molecule has 2 N–H and O–H groups in total. The van der Waals surface area contributed by atoms with Crippen molar-refractivity contribution in [1.82, 2.24) is 19.8 Å². The van der Waals surface area contributed by atoms with Crippen LogP contribution in [-0.4, -0.2) is 82.5 Å². The number of hydrogen-bond donors (Lipinski definition) is 2. The Hall–Kier alpha value is -3.36. The quantitative estimate of drug-likeness (QED) is 0.391. The van der Waals surface area contributed by atoms with E-state index in [0.29, 0.717) is 36.5 Å². The minimum absolute atomic E-state index is 0.0389. The molecule has 210 valence electrons. The number of benzene rings is 1. The van der Waals surface area contributed by atoms with Gasteiger partial charge in [-0.3, -0.25) is 9.59 Å². The Labute approximate surface area is 231 Å². The van der Waals surface area contributed by atoms with Gasteiger partial charge in [0.25, 0.3) is 5.91 Å². The highest BCUT2D eigenvalue weighted by molar-refractivity contribution is 5.93. The average molecular weight is 535 g/mol. The molecule has 0 spiro atoms. The molecule has 3 heterocycles. The van der Waals surface area contributed by atoms with Gasteiger partial charge in [-0.15, -0.1) is 0 Å². The Morgan fingerprint density at radius 3 is 2.72 bits per heavy atom. The van der Waals surface area contributed by atoms with Gasteiger partial charge >= 0.3 is 0 Å². The summed E-state index contributed by atoms with van der Waals surface area (Å²) in [5.74, 6) is 2.19. The van der Waals surface area contributed by atoms with Gasteiger partial charge in [0, 0.05) is 57.1 Å². The third-order valence-electron chi connectivity index (χ3n) is 9.01. The fourth-order valence-corrected chi connectivity index (χ4v) is 6.98. The number of piperidine rings is 2. The molecule has 3 atom stereocenters. The predicted octanol–water partition coefficient (Wildman–Crippen LogP) is 3.93. The number of nitrogens with zero attached hydrogens (tertiary/aromatic N) is 5. The summed E-state index contributed by atoms with van der Waals surface area (Å²) in [7, 11) is 1.86. The first kappa shape index (κ1) is 27.2. The maximum Gasteiger partial charge on any atom is 0.272 e. The summed E-state index contributed by atoms with van der Waals surface area (Å²) in [5.41, 5.74) is 2.43. The fourth-order valence-electron chi connectivity index (χ4n) is 6.98. The molecule has 3 aliphatic rings. The lowest BCUT2D eigenvalue weighted by molar-refractivity contribution is -0.120. The van der Waals surface area contributed by atoms with E-state index in [-0.39, 0.29) is 17.7 Å². The normalized spacial score (nSPS) is 23.7. The molecule has 1 saturated carbocycles. The first-order valence-electron chi connectivity index (χ1n) is 14.6. The number of carbonyl (C=O) groups excluding carboxylic acids is 2. The van der Waals surface area contributed by atoms with Crippen molar-refractivity contribution >= 4 is 23.8 Å². The van der Waals surface area contributed by atoms with Crippen LogP contribution in [0, 0.1) is 11.8 Å². The summed E-state index contributed by atoms with van der Waals surface area (Å²) >= 11 is 0. The molecule has 0 radical (unpaired) electrons. The van der Waals surface area contributed by atoms with Crippen LogP contribution in [0.5, 0.6) is 5.75 Å². The topological polar surface area (TPSA) is 102 Å². The van der Waals surface area contributed by atoms with Crippen LogP contribution >= 0.6 is 0 Å². The molecule has 1 aromatic carbocycles. The summed E-state index contributed by atoms with van der Waals surface area (Å²) in [6.45, 7) is 5.18. The Bertz CT molecular complexity index is 1150. The lowest BCUT2D eigenvalue weighted by atomic mass is 9.75. The van der Waals surface area contributed by atoms with E-state index in [2.05, 4.69) is 32.0 Å². The smallest absolute Gasteiger partial charge is 0.272 e. The Balaban J connectivity index is 1.20. The molecule has 2 aliphatic heterocycles. The van der Waals surface area contributed by atoms with E-state index in [0.717, 1.165) is 62.4 Å². The third kappa shape index (κ3) is 6.12. The van der Waals surface area contributed by atoms with Crippen molar-refractivity contribution < 1.29 is 14.7 Å². The summed E-state index contributed by atoms with van der Waals surface area (Å²) < 4.78 is 0. The lowest BCUT2D eigenvalue weighted by Gasteiger charge is -2.46. The van der Waals surface area contributed by atoms with Gasteiger partial charge < -0.3 is 25.1 Å². The second-order valence-corrected chi connectivity index (χ2v) is 11.6. The van der Waals surface area contributed by atoms with Gasteiger partial charge in [-0.1, -0.05) is 19.8 Å². The molecule has 0 bridgehead atoms. The van der Waals surface area contributed by atoms with Crippen molar-refractivity contribution in [3.63, 3.8) is 0 Å². The van der Waals surface area contributed by atoms with Crippen LogP contribution in [-0.2, 0) is 11.2 Å². The molecule has 1 aromatic heterocycles. The van der Waals surface area contributed by atoms with Crippen LogP contribution in [0.15, 0.2) is 30.6 Å². The van der Waals surface area contributed by atoms with E-state index in [4.69, 9.17) is 0 Å². The van der Waals surface area contributed by atoms with Crippen molar-refractivity contribution in [2.45, 2.75) is 70.4 Å². The number of hydrogen-bond acceptors (Lipinski definition) is 7. The molecule has 3 unspecified atom stereocenters. The largest absolute Gasteiger partial charge is 0.508 e. The molecule has 9 heteroatoms. The summed E-state index contributed by atoms with van der Waals surface area (Å²) in [6.07, 6.45) is 10.8. The zero-order chi connectivity index (χ0) is 27.4. The number of rotatable bonds is 8. The number of phenols is 1. The highest BCUT2D eigenvalue weighted by atomic mass is 16.3. The van der Waals surface area contributed by atoms with Crippen LogP contribution in [0.2, 0.25) is 0 Å². The number of likely N-dealkylation sites (tertiary alicyclic amines) is 1. The minimum Gasteiger partial charge on any atom is -0.508 e. The first-order chi connectivity index (χ1) is 19.0. The number of amides is 2. The molecule has 1 aliphatic carbocycles. The van der Waals surface area contributed by atoms with Crippen molar-refractivity contribution in [3.8, 4) is 5.75 Å². The van der Waals surface area contributed by atoms with Crippen molar-refractivity contribution in [3.05, 3.63) is 41.9 Å². The zero-order valence-electron chi connectivity index (χ0n) is 23.3. The van der Waals surface area contributed by atoms with Crippen molar-refractivity contribution in [1.29, 1.82) is 0 Å². The van der Waals surface area contributed by atoms with Gasteiger partial charge in [-0.2, -0.15) is 0 Å². The molecule has 2 aromatic rings. The van der Waals surface area contributed by atoms with E-state index >= 15 is 0 Å². The number of nitrogens with one attached hydrogen (secondary N) is 1.